The number of amides is 2. The average molecular weight is 428 g/mol. The molecule has 158 valence electrons. The highest BCUT2D eigenvalue weighted by atomic mass is 32.1. The highest BCUT2D eigenvalue weighted by Gasteiger charge is 2.27. The third kappa shape index (κ3) is 6.25. The van der Waals surface area contributed by atoms with E-state index >= 15 is 0 Å². The first kappa shape index (κ1) is 21.7. The minimum absolute atomic E-state index is 0.0405. The van der Waals surface area contributed by atoms with Gasteiger partial charge in [-0.05, 0) is 31.4 Å². The van der Waals surface area contributed by atoms with Crippen molar-refractivity contribution in [1.29, 1.82) is 0 Å². The lowest BCUT2D eigenvalue weighted by Gasteiger charge is -2.30. The van der Waals surface area contributed by atoms with Gasteiger partial charge in [0.25, 0.3) is 0 Å². The number of rotatable bonds is 7. The molecule has 1 aliphatic rings. The normalized spacial score (nSPS) is 14.6. The average Bonchev–Trinajstić information content (AvgIpc) is 3.19. The molecule has 1 saturated heterocycles. The predicted molar refractivity (Wildman–Crippen MR) is 116 cm³/mol. The maximum absolute atomic E-state index is 12.5. The molecule has 8 heteroatoms. The van der Waals surface area contributed by atoms with Gasteiger partial charge in [0, 0.05) is 30.5 Å². The number of nitrogens with zero attached hydrogens (tertiary/aromatic N) is 2. The Morgan fingerprint density at radius 2 is 1.97 bits per heavy atom. The molecule has 2 aromatic rings. The highest BCUT2D eigenvalue weighted by molar-refractivity contribution is 7.13. The summed E-state index contributed by atoms with van der Waals surface area (Å²) in [6, 6.07) is 9.67. The van der Waals surface area contributed by atoms with E-state index in [1.54, 1.807) is 29.4 Å². The van der Waals surface area contributed by atoms with Gasteiger partial charge in [-0.2, -0.15) is 0 Å². The van der Waals surface area contributed by atoms with Crippen molar-refractivity contribution in [3.05, 3.63) is 53.0 Å². The molecule has 0 bridgehead atoms. The first-order valence-corrected chi connectivity index (χ1v) is 10.9. The van der Waals surface area contributed by atoms with Gasteiger partial charge in [0.2, 0.25) is 11.8 Å². The van der Waals surface area contributed by atoms with Crippen LogP contribution in [0.5, 0.6) is 0 Å². The van der Waals surface area contributed by atoms with Crippen molar-refractivity contribution in [2.24, 2.45) is 5.92 Å². The van der Waals surface area contributed by atoms with Crippen LogP contribution in [0.4, 0.5) is 5.13 Å². The van der Waals surface area contributed by atoms with Gasteiger partial charge in [0.1, 0.15) is 0 Å². The number of hydrogen-bond donors (Lipinski definition) is 1. The van der Waals surface area contributed by atoms with Gasteiger partial charge in [0.05, 0.1) is 18.7 Å². The molecule has 1 aliphatic heterocycles. The van der Waals surface area contributed by atoms with Crippen LogP contribution < -0.4 is 5.32 Å². The first-order valence-electron chi connectivity index (χ1n) is 9.98. The fourth-order valence-electron chi connectivity index (χ4n) is 3.21. The van der Waals surface area contributed by atoms with E-state index in [-0.39, 0.29) is 30.1 Å². The zero-order chi connectivity index (χ0) is 21.3. The molecule has 2 heterocycles. The Bertz CT molecular complexity index is 902. The van der Waals surface area contributed by atoms with E-state index in [0.29, 0.717) is 43.4 Å². The van der Waals surface area contributed by atoms with E-state index < -0.39 is 0 Å². The number of esters is 1. The van der Waals surface area contributed by atoms with Crippen molar-refractivity contribution in [2.75, 3.05) is 25.0 Å². The Balaban J connectivity index is 1.45. The van der Waals surface area contributed by atoms with Crippen LogP contribution in [0.25, 0.3) is 6.08 Å². The van der Waals surface area contributed by atoms with Crippen molar-refractivity contribution in [1.82, 2.24) is 9.88 Å². The van der Waals surface area contributed by atoms with Crippen LogP contribution in [-0.2, 0) is 25.5 Å². The molecule has 3 rings (SSSR count). The molecular weight excluding hydrogens is 402 g/mol. The number of nitrogens with one attached hydrogen (secondary N) is 1. The first-order chi connectivity index (χ1) is 14.5. The zero-order valence-corrected chi connectivity index (χ0v) is 17.7. The van der Waals surface area contributed by atoms with Crippen molar-refractivity contribution in [3.63, 3.8) is 0 Å². The van der Waals surface area contributed by atoms with E-state index in [9.17, 15) is 14.4 Å². The second-order valence-electron chi connectivity index (χ2n) is 6.96. The minimum atomic E-state index is -0.334. The summed E-state index contributed by atoms with van der Waals surface area (Å²) in [7, 11) is 0. The summed E-state index contributed by atoms with van der Waals surface area (Å²) in [5, 5.41) is 5.05. The monoisotopic (exact) mass is 427 g/mol. The summed E-state index contributed by atoms with van der Waals surface area (Å²) in [4.78, 5) is 42.5. The van der Waals surface area contributed by atoms with Crippen LogP contribution in [0.3, 0.4) is 0 Å². The summed E-state index contributed by atoms with van der Waals surface area (Å²) in [5.41, 5.74) is 1.56. The van der Waals surface area contributed by atoms with Gasteiger partial charge < -0.3 is 15.0 Å². The number of likely N-dealkylation sites (tertiary alicyclic amines) is 1. The summed E-state index contributed by atoms with van der Waals surface area (Å²) in [6.07, 6.45) is 4.70. The molecule has 0 atom stereocenters. The maximum Gasteiger partial charge on any atom is 0.311 e. The van der Waals surface area contributed by atoms with Gasteiger partial charge in [-0.3, -0.25) is 14.4 Å². The molecular formula is C22H25N3O4S. The van der Waals surface area contributed by atoms with Crippen LogP contribution in [-0.4, -0.2) is 47.4 Å². The summed E-state index contributed by atoms with van der Waals surface area (Å²) in [6.45, 7) is 3.17. The molecule has 30 heavy (non-hydrogen) atoms. The van der Waals surface area contributed by atoms with Crippen molar-refractivity contribution < 1.29 is 19.1 Å². The number of piperidine rings is 1. The standard InChI is InChI=1S/C22H25N3O4S/c1-2-29-20(27)14-18-15-30-22(23-18)24-21(28)17-10-12-25(13-11-17)19(26)9-8-16-6-4-3-5-7-16/h3-9,15,17H,2,10-14H2,1H3,(H,23,24,28)/b9-8+. The molecule has 0 saturated carbocycles. The number of hydrogen-bond acceptors (Lipinski definition) is 6. The Kier molecular flexibility index (Phi) is 7.73. The number of aromatic nitrogens is 1. The van der Waals surface area contributed by atoms with Crippen LogP contribution in [0.2, 0.25) is 0 Å². The largest absolute Gasteiger partial charge is 0.466 e. The third-order valence-corrected chi connectivity index (χ3v) is 5.61. The molecule has 2 amide bonds. The predicted octanol–water partition coefficient (Wildman–Crippen LogP) is 3.14. The molecule has 1 fully saturated rings. The number of anilines is 1. The Morgan fingerprint density at radius 3 is 2.67 bits per heavy atom. The third-order valence-electron chi connectivity index (χ3n) is 4.81. The van der Waals surface area contributed by atoms with E-state index in [1.165, 1.54) is 11.3 Å². The number of benzene rings is 1. The maximum atomic E-state index is 12.5. The van der Waals surface area contributed by atoms with Crippen LogP contribution in [0, 0.1) is 5.92 Å². The van der Waals surface area contributed by atoms with Gasteiger partial charge in [-0.1, -0.05) is 30.3 Å². The van der Waals surface area contributed by atoms with E-state index in [2.05, 4.69) is 10.3 Å². The quantitative estimate of drug-likeness (QED) is 0.542. The summed E-state index contributed by atoms with van der Waals surface area (Å²) < 4.78 is 4.90. The zero-order valence-electron chi connectivity index (χ0n) is 16.9. The van der Waals surface area contributed by atoms with E-state index in [4.69, 9.17) is 4.74 Å². The second kappa shape index (κ2) is 10.7. The van der Waals surface area contributed by atoms with Gasteiger partial charge in [-0.15, -0.1) is 11.3 Å². The van der Waals surface area contributed by atoms with Crippen molar-refractivity contribution in [2.45, 2.75) is 26.2 Å². The fourth-order valence-corrected chi connectivity index (χ4v) is 3.93. The van der Waals surface area contributed by atoms with Crippen molar-refractivity contribution >= 4 is 40.3 Å². The van der Waals surface area contributed by atoms with Crippen LogP contribution in [0.1, 0.15) is 31.0 Å². The van der Waals surface area contributed by atoms with Gasteiger partial charge >= 0.3 is 5.97 Å². The number of thiazole rings is 1. The molecule has 0 spiro atoms. The van der Waals surface area contributed by atoms with Crippen LogP contribution in [0.15, 0.2) is 41.8 Å². The molecule has 1 aromatic carbocycles. The van der Waals surface area contributed by atoms with Gasteiger partial charge in [0.15, 0.2) is 5.13 Å². The lowest BCUT2D eigenvalue weighted by molar-refractivity contribution is -0.142. The van der Waals surface area contributed by atoms with E-state index in [0.717, 1.165) is 5.56 Å². The molecule has 1 aromatic heterocycles. The van der Waals surface area contributed by atoms with Crippen molar-refractivity contribution in [3.8, 4) is 0 Å². The number of carbonyl (C=O) groups is 3. The second-order valence-corrected chi connectivity index (χ2v) is 7.82. The minimum Gasteiger partial charge on any atom is -0.466 e. The fraction of sp³-hybridized carbons (Fsp3) is 0.364. The smallest absolute Gasteiger partial charge is 0.311 e. The lowest BCUT2D eigenvalue weighted by atomic mass is 9.96. The molecule has 0 aliphatic carbocycles. The topological polar surface area (TPSA) is 88.6 Å². The number of ether oxygens (including phenoxy) is 1. The highest BCUT2D eigenvalue weighted by Crippen LogP contribution is 2.22. The number of carbonyl (C=O) groups excluding carboxylic acids is 3. The Morgan fingerprint density at radius 1 is 1.23 bits per heavy atom. The van der Waals surface area contributed by atoms with Gasteiger partial charge in [-0.25, -0.2) is 4.98 Å². The Hall–Kier alpha value is -3.00. The Labute approximate surface area is 179 Å². The molecule has 7 nitrogen and oxygen atoms in total. The summed E-state index contributed by atoms with van der Waals surface area (Å²) >= 11 is 1.29. The van der Waals surface area contributed by atoms with Crippen LogP contribution >= 0.6 is 11.3 Å². The molecule has 0 radical (unpaired) electrons. The van der Waals surface area contributed by atoms with E-state index in [1.807, 2.05) is 30.3 Å². The lowest BCUT2D eigenvalue weighted by Crippen LogP contribution is -2.40. The summed E-state index contributed by atoms with van der Waals surface area (Å²) in [5.74, 6) is -0.635. The molecule has 1 N–H and O–H groups in total. The molecule has 0 unspecified atom stereocenters. The SMILES string of the molecule is CCOC(=O)Cc1csc(NC(=O)C2CCN(C(=O)/C=C/c3ccccc3)CC2)n1.